The second kappa shape index (κ2) is 56.9. The molecule has 5 nitrogen and oxygen atoms in total. The molecule has 0 radical (unpaired) electrons. The Balaban J connectivity index is 4.30. The third-order valence-corrected chi connectivity index (χ3v) is 12.5. The van der Waals surface area contributed by atoms with Crippen LogP contribution in [0.5, 0.6) is 0 Å². The minimum absolute atomic E-state index is 0.0730. The lowest BCUT2D eigenvalue weighted by molar-refractivity contribution is -0.163. The molecule has 384 valence electrons. The van der Waals surface area contributed by atoms with Crippen LogP contribution in [0.25, 0.3) is 0 Å². The van der Waals surface area contributed by atoms with Crippen LogP contribution in [0.1, 0.15) is 290 Å². The standard InChI is InChI=1S/C61H110O5/c1-4-7-10-13-16-19-22-25-28-31-33-36-39-42-45-48-51-54-60(62)65-58-59(57-64-56-53-50-47-44-41-38-35-30-27-24-21-18-15-12-9-6-3)66-61(63)55-52-49-46-43-40-37-34-32-29-26-23-20-17-14-11-8-5-2/h7,10,16,19,25-26,28-29,33,36,59H,4-6,8-9,11-15,17-18,20-24,27,30-32,34-35,37-58H2,1-3H3/b10-7-,19-16-,28-25-,29-26-,36-33-/t59-/m1/s1. The Morgan fingerprint density at radius 3 is 1.11 bits per heavy atom. The van der Waals surface area contributed by atoms with Gasteiger partial charge in [-0.05, 0) is 83.5 Å². The van der Waals surface area contributed by atoms with Gasteiger partial charge in [0.1, 0.15) is 6.61 Å². The van der Waals surface area contributed by atoms with Gasteiger partial charge in [0.2, 0.25) is 0 Å². The van der Waals surface area contributed by atoms with Gasteiger partial charge in [-0.2, -0.15) is 0 Å². The van der Waals surface area contributed by atoms with Gasteiger partial charge >= 0.3 is 11.9 Å². The average molecular weight is 924 g/mol. The van der Waals surface area contributed by atoms with Crippen LogP contribution in [0.3, 0.4) is 0 Å². The van der Waals surface area contributed by atoms with Gasteiger partial charge in [0, 0.05) is 19.4 Å². The Hall–Kier alpha value is -2.40. The van der Waals surface area contributed by atoms with Crippen molar-refractivity contribution in [2.24, 2.45) is 0 Å². The van der Waals surface area contributed by atoms with E-state index in [2.05, 4.69) is 81.5 Å². The first-order valence-corrected chi connectivity index (χ1v) is 28.8. The van der Waals surface area contributed by atoms with Crippen molar-refractivity contribution < 1.29 is 23.8 Å². The summed E-state index contributed by atoms with van der Waals surface area (Å²) in [6.45, 7) is 7.73. The monoisotopic (exact) mass is 923 g/mol. The predicted octanol–water partition coefficient (Wildman–Crippen LogP) is 19.7. The first kappa shape index (κ1) is 63.6. The van der Waals surface area contributed by atoms with Gasteiger partial charge in [-0.25, -0.2) is 0 Å². The van der Waals surface area contributed by atoms with Crippen molar-refractivity contribution in [2.45, 2.75) is 297 Å². The van der Waals surface area contributed by atoms with Gasteiger partial charge < -0.3 is 14.2 Å². The summed E-state index contributed by atoms with van der Waals surface area (Å²) in [5, 5.41) is 0. The molecule has 1 atom stereocenters. The normalized spacial score (nSPS) is 12.6. The zero-order valence-corrected chi connectivity index (χ0v) is 44.2. The third kappa shape index (κ3) is 54.2. The molecule has 0 spiro atoms. The van der Waals surface area contributed by atoms with Crippen LogP contribution < -0.4 is 0 Å². The molecule has 0 amide bonds. The number of carbonyl (C=O) groups is 2. The van der Waals surface area contributed by atoms with Gasteiger partial charge in [-0.15, -0.1) is 0 Å². The highest BCUT2D eigenvalue weighted by Crippen LogP contribution is 2.16. The van der Waals surface area contributed by atoms with Crippen LogP contribution in [0.4, 0.5) is 0 Å². The van der Waals surface area contributed by atoms with Crippen LogP contribution in [0.15, 0.2) is 60.8 Å². The van der Waals surface area contributed by atoms with E-state index in [-0.39, 0.29) is 25.2 Å². The number of unbranched alkanes of at least 4 members (excludes halogenated alkanes) is 32. The van der Waals surface area contributed by atoms with E-state index >= 15 is 0 Å². The molecular weight excluding hydrogens is 813 g/mol. The van der Waals surface area contributed by atoms with Crippen LogP contribution in [-0.2, 0) is 23.8 Å². The molecule has 0 aromatic carbocycles. The number of hydrogen-bond acceptors (Lipinski definition) is 5. The van der Waals surface area contributed by atoms with Crippen molar-refractivity contribution in [2.75, 3.05) is 19.8 Å². The quantitative estimate of drug-likeness (QED) is 0.0346. The molecule has 0 fully saturated rings. The van der Waals surface area contributed by atoms with Gasteiger partial charge in [0.25, 0.3) is 0 Å². The molecular formula is C61H110O5. The van der Waals surface area contributed by atoms with E-state index in [4.69, 9.17) is 14.2 Å². The van der Waals surface area contributed by atoms with E-state index in [1.54, 1.807) is 0 Å². The lowest BCUT2D eigenvalue weighted by Crippen LogP contribution is -2.30. The van der Waals surface area contributed by atoms with Gasteiger partial charge in [0.05, 0.1) is 6.61 Å². The highest BCUT2D eigenvalue weighted by Gasteiger charge is 2.17. The molecule has 0 rings (SSSR count). The van der Waals surface area contributed by atoms with Crippen molar-refractivity contribution in [3.05, 3.63) is 60.8 Å². The van der Waals surface area contributed by atoms with E-state index < -0.39 is 6.10 Å². The third-order valence-electron chi connectivity index (χ3n) is 12.5. The van der Waals surface area contributed by atoms with Crippen LogP contribution in [-0.4, -0.2) is 37.9 Å². The van der Waals surface area contributed by atoms with E-state index in [1.165, 1.54) is 167 Å². The molecule has 5 heteroatoms. The molecule has 0 aromatic heterocycles. The summed E-state index contributed by atoms with van der Waals surface area (Å²) < 4.78 is 17.5. The summed E-state index contributed by atoms with van der Waals surface area (Å²) in [6, 6.07) is 0. The molecule has 0 heterocycles. The smallest absolute Gasteiger partial charge is 0.306 e. The maximum atomic E-state index is 12.9. The number of allylic oxidation sites excluding steroid dienone is 10. The largest absolute Gasteiger partial charge is 0.462 e. The van der Waals surface area contributed by atoms with E-state index in [0.29, 0.717) is 19.4 Å². The maximum absolute atomic E-state index is 12.9. The number of rotatable bonds is 53. The van der Waals surface area contributed by atoms with Gasteiger partial charge in [0.15, 0.2) is 6.10 Å². The number of hydrogen-bond donors (Lipinski definition) is 0. The number of esters is 2. The Kier molecular flexibility index (Phi) is 54.9. The molecule has 0 saturated heterocycles. The second-order valence-corrected chi connectivity index (χ2v) is 19.2. The summed E-state index contributed by atoms with van der Waals surface area (Å²) in [5.41, 5.74) is 0. The summed E-state index contributed by atoms with van der Waals surface area (Å²) in [7, 11) is 0. The minimum atomic E-state index is -0.548. The molecule has 0 aliphatic carbocycles. The van der Waals surface area contributed by atoms with Crippen molar-refractivity contribution in [1.29, 1.82) is 0 Å². The zero-order valence-electron chi connectivity index (χ0n) is 44.2. The highest BCUT2D eigenvalue weighted by molar-refractivity contribution is 5.70. The predicted molar refractivity (Wildman–Crippen MR) is 288 cm³/mol. The van der Waals surface area contributed by atoms with Crippen molar-refractivity contribution in [3.63, 3.8) is 0 Å². The fraction of sp³-hybridized carbons (Fsp3) is 0.803. The molecule has 0 aliphatic heterocycles. The summed E-state index contributed by atoms with van der Waals surface area (Å²) in [6.07, 6.45) is 72.4. The minimum Gasteiger partial charge on any atom is -0.462 e. The first-order valence-electron chi connectivity index (χ1n) is 28.8. The Morgan fingerprint density at radius 2 is 0.682 bits per heavy atom. The average Bonchev–Trinajstić information content (AvgIpc) is 3.32. The van der Waals surface area contributed by atoms with Crippen molar-refractivity contribution in [3.8, 4) is 0 Å². The lowest BCUT2D eigenvalue weighted by Gasteiger charge is -2.18. The number of ether oxygens (including phenoxy) is 3. The first-order chi connectivity index (χ1) is 32.6. The van der Waals surface area contributed by atoms with Crippen molar-refractivity contribution in [1.82, 2.24) is 0 Å². The van der Waals surface area contributed by atoms with E-state index in [0.717, 1.165) is 89.9 Å². The highest BCUT2D eigenvalue weighted by atomic mass is 16.6. The Labute approximate surface area is 411 Å². The van der Waals surface area contributed by atoms with Crippen LogP contribution in [0.2, 0.25) is 0 Å². The number of carbonyl (C=O) groups excluding carboxylic acids is 2. The fourth-order valence-electron chi connectivity index (χ4n) is 8.26. The molecule has 0 saturated carbocycles. The molecule has 0 aliphatic rings. The Morgan fingerprint density at radius 1 is 0.348 bits per heavy atom. The zero-order chi connectivity index (χ0) is 47.7. The van der Waals surface area contributed by atoms with E-state index in [9.17, 15) is 9.59 Å². The Bertz CT molecular complexity index is 1130. The second-order valence-electron chi connectivity index (χ2n) is 19.2. The summed E-state index contributed by atoms with van der Waals surface area (Å²) in [4.78, 5) is 25.5. The van der Waals surface area contributed by atoms with E-state index in [1.807, 2.05) is 0 Å². The van der Waals surface area contributed by atoms with Crippen molar-refractivity contribution >= 4 is 11.9 Å². The van der Waals surface area contributed by atoms with Crippen LogP contribution in [0, 0.1) is 0 Å². The van der Waals surface area contributed by atoms with Gasteiger partial charge in [-0.1, -0.05) is 255 Å². The molecule has 0 bridgehead atoms. The molecule has 66 heavy (non-hydrogen) atoms. The molecule has 0 aromatic rings. The molecule has 0 unspecified atom stereocenters. The summed E-state index contributed by atoms with van der Waals surface area (Å²) in [5.74, 6) is -0.417. The molecule has 0 N–H and O–H groups in total. The topological polar surface area (TPSA) is 61.8 Å². The van der Waals surface area contributed by atoms with Gasteiger partial charge in [-0.3, -0.25) is 9.59 Å². The fourth-order valence-corrected chi connectivity index (χ4v) is 8.26. The maximum Gasteiger partial charge on any atom is 0.306 e. The SMILES string of the molecule is CC/C=C\C/C=C\C/C=C\C/C=C\CCCCCCC(=O)OC[C@@H](COCCCCCCCCCCCCCCCCCC)OC(=O)CCCCCCCCC/C=C\CCCCCCCC. The lowest BCUT2D eigenvalue weighted by atomic mass is 10.0. The van der Waals surface area contributed by atoms with Crippen LogP contribution >= 0.6 is 0 Å². The summed E-state index contributed by atoms with van der Waals surface area (Å²) >= 11 is 0.